The number of ether oxygens (including phenoxy) is 2. The molecule has 0 bridgehead atoms. The summed E-state index contributed by atoms with van der Waals surface area (Å²) in [5.41, 5.74) is -0.485. The highest BCUT2D eigenvalue weighted by atomic mass is 19.3. The maximum Gasteiger partial charge on any atom is 0.387 e. The SMILES string of the molecule is O=C(C=Cc1ccc(OC(F)F)cc1OC(F)F)Nc1cccc(F)c1F. The van der Waals surface area contributed by atoms with E-state index in [1.54, 1.807) is 0 Å². The average molecular weight is 391 g/mol. The summed E-state index contributed by atoms with van der Waals surface area (Å²) >= 11 is 0. The summed E-state index contributed by atoms with van der Waals surface area (Å²) in [6, 6.07) is 6.09. The standard InChI is InChI=1S/C17H11F6NO3/c18-11-2-1-3-12(15(11)19)24-14(25)7-5-9-4-6-10(26-16(20)21)8-13(9)27-17(22)23/h1-8,16-17H,(H,24,25). The Labute approximate surface area is 149 Å². The van der Waals surface area contributed by atoms with Crippen molar-refractivity contribution in [1.82, 2.24) is 0 Å². The molecule has 0 unspecified atom stereocenters. The molecule has 0 atom stereocenters. The van der Waals surface area contributed by atoms with Crippen LogP contribution in [0.4, 0.5) is 32.0 Å². The number of hydrogen-bond acceptors (Lipinski definition) is 3. The third-order valence-electron chi connectivity index (χ3n) is 3.05. The van der Waals surface area contributed by atoms with Gasteiger partial charge in [-0.05, 0) is 30.3 Å². The highest BCUT2D eigenvalue weighted by Gasteiger charge is 2.13. The number of alkyl halides is 4. The van der Waals surface area contributed by atoms with Crippen LogP contribution in [0, 0.1) is 11.6 Å². The molecule has 0 heterocycles. The van der Waals surface area contributed by atoms with Crippen molar-refractivity contribution >= 4 is 17.7 Å². The van der Waals surface area contributed by atoms with Gasteiger partial charge in [-0.2, -0.15) is 17.6 Å². The van der Waals surface area contributed by atoms with E-state index in [9.17, 15) is 31.1 Å². The molecule has 1 amide bonds. The highest BCUT2D eigenvalue weighted by molar-refractivity contribution is 6.02. The Kier molecular flexibility index (Phi) is 6.69. The molecule has 10 heteroatoms. The highest BCUT2D eigenvalue weighted by Crippen LogP contribution is 2.28. The molecule has 0 saturated carbocycles. The van der Waals surface area contributed by atoms with E-state index in [-0.39, 0.29) is 5.56 Å². The Hall–Kier alpha value is -3.17. The van der Waals surface area contributed by atoms with E-state index in [2.05, 4.69) is 14.8 Å². The van der Waals surface area contributed by atoms with E-state index < -0.39 is 48.0 Å². The van der Waals surface area contributed by atoms with Gasteiger partial charge < -0.3 is 14.8 Å². The van der Waals surface area contributed by atoms with Crippen molar-refractivity contribution in [3.05, 3.63) is 59.7 Å². The minimum atomic E-state index is -3.26. The van der Waals surface area contributed by atoms with E-state index in [0.29, 0.717) is 0 Å². The summed E-state index contributed by atoms with van der Waals surface area (Å²) in [7, 11) is 0. The lowest BCUT2D eigenvalue weighted by Gasteiger charge is -2.11. The lowest BCUT2D eigenvalue weighted by atomic mass is 10.1. The van der Waals surface area contributed by atoms with Crippen molar-refractivity contribution in [1.29, 1.82) is 0 Å². The number of rotatable bonds is 7. The monoisotopic (exact) mass is 391 g/mol. The molecule has 0 fully saturated rings. The van der Waals surface area contributed by atoms with Gasteiger partial charge in [-0.25, -0.2) is 8.78 Å². The van der Waals surface area contributed by atoms with Gasteiger partial charge in [0.1, 0.15) is 11.5 Å². The van der Waals surface area contributed by atoms with E-state index in [1.165, 1.54) is 6.07 Å². The summed E-state index contributed by atoms with van der Waals surface area (Å²) in [6.45, 7) is -6.42. The van der Waals surface area contributed by atoms with Crippen LogP contribution >= 0.6 is 0 Å². The van der Waals surface area contributed by atoms with Gasteiger partial charge in [0, 0.05) is 17.7 Å². The summed E-state index contributed by atoms with van der Waals surface area (Å²) in [5.74, 6) is -4.28. The molecule has 2 aromatic carbocycles. The first-order valence-electron chi connectivity index (χ1n) is 7.23. The van der Waals surface area contributed by atoms with Crippen molar-refractivity contribution in [3.63, 3.8) is 0 Å². The summed E-state index contributed by atoms with van der Waals surface area (Å²) in [4.78, 5) is 11.8. The first kappa shape index (κ1) is 20.1. The molecule has 27 heavy (non-hydrogen) atoms. The number of benzene rings is 2. The lowest BCUT2D eigenvalue weighted by Crippen LogP contribution is -2.10. The van der Waals surface area contributed by atoms with Crippen molar-refractivity contribution in [2.75, 3.05) is 5.32 Å². The van der Waals surface area contributed by atoms with Crippen LogP contribution in [0.2, 0.25) is 0 Å². The fourth-order valence-corrected chi connectivity index (χ4v) is 1.97. The van der Waals surface area contributed by atoms with Crippen LogP contribution in [0.25, 0.3) is 6.08 Å². The maximum atomic E-state index is 13.5. The molecule has 0 spiro atoms. The number of nitrogens with one attached hydrogen (secondary N) is 1. The van der Waals surface area contributed by atoms with Gasteiger partial charge in [0.05, 0.1) is 5.69 Å². The second-order valence-electron chi connectivity index (χ2n) is 4.88. The molecule has 0 aromatic heterocycles. The van der Waals surface area contributed by atoms with E-state index in [0.717, 1.165) is 42.5 Å². The van der Waals surface area contributed by atoms with Crippen molar-refractivity contribution < 1.29 is 40.6 Å². The predicted molar refractivity (Wildman–Crippen MR) is 83.7 cm³/mol. The zero-order valence-corrected chi connectivity index (χ0v) is 13.3. The van der Waals surface area contributed by atoms with E-state index >= 15 is 0 Å². The molecule has 4 nitrogen and oxygen atoms in total. The topological polar surface area (TPSA) is 47.6 Å². The molecule has 0 aliphatic carbocycles. The van der Waals surface area contributed by atoms with Crippen LogP contribution in [-0.4, -0.2) is 19.1 Å². The summed E-state index contributed by atoms with van der Waals surface area (Å²) in [5, 5.41) is 2.07. The number of carbonyl (C=O) groups is 1. The molecule has 0 saturated heterocycles. The summed E-state index contributed by atoms with van der Waals surface area (Å²) < 4.78 is 84.2. The third kappa shape index (κ3) is 5.94. The van der Waals surface area contributed by atoms with Gasteiger partial charge in [-0.15, -0.1) is 0 Å². The Morgan fingerprint density at radius 1 is 1.00 bits per heavy atom. The summed E-state index contributed by atoms with van der Waals surface area (Å²) in [6.07, 6.45) is 1.86. The molecule has 2 rings (SSSR count). The Bertz CT molecular complexity index is 841. The molecular formula is C17H11F6NO3. The van der Waals surface area contributed by atoms with Gasteiger partial charge in [-0.1, -0.05) is 6.07 Å². The lowest BCUT2D eigenvalue weighted by molar-refractivity contribution is -0.111. The maximum absolute atomic E-state index is 13.5. The molecular weight excluding hydrogens is 380 g/mol. The Morgan fingerprint density at radius 3 is 2.37 bits per heavy atom. The Morgan fingerprint density at radius 2 is 1.70 bits per heavy atom. The second kappa shape index (κ2) is 8.97. The number of halogens is 6. The normalized spacial score (nSPS) is 11.3. The molecule has 2 aromatic rings. The molecule has 1 N–H and O–H groups in total. The minimum absolute atomic E-state index is 0.0632. The predicted octanol–water partition coefficient (Wildman–Crippen LogP) is 4.82. The smallest absolute Gasteiger partial charge is 0.387 e. The molecule has 0 aliphatic heterocycles. The van der Waals surface area contributed by atoms with E-state index in [1.807, 2.05) is 0 Å². The van der Waals surface area contributed by atoms with Crippen molar-refractivity contribution in [3.8, 4) is 11.5 Å². The van der Waals surface area contributed by atoms with Gasteiger partial charge in [0.2, 0.25) is 5.91 Å². The van der Waals surface area contributed by atoms with Gasteiger partial charge >= 0.3 is 13.2 Å². The van der Waals surface area contributed by atoms with Crippen LogP contribution < -0.4 is 14.8 Å². The number of carbonyl (C=O) groups excluding carboxylic acids is 1. The zero-order chi connectivity index (χ0) is 20.0. The number of amides is 1. The van der Waals surface area contributed by atoms with Crippen molar-refractivity contribution in [2.45, 2.75) is 13.2 Å². The first-order valence-corrected chi connectivity index (χ1v) is 7.23. The van der Waals surface area contributed by atoms with Crippen LogP contribution in [0.1, 0.15) is 5.56 Å². The first-order chi connectivity index (χ1) is 12.8. The fourth-order valence-electron chi connectivity index (χ4n) is 1.97. The number of hydrogen-bond donors (Lipinski definition) is 1. The number of anilines is 1. The van der Waals surface area contributed by atoms with Gasteiger partial charge in [-0.3, -0.25) is 4.79 Å². The van der Waals surface area contributed by atoms with Gasteiger partial charge in [0.25, 0.3) is 0 Å². The average Bonchev–Trinajstić information content (AvgIpc) is 2.57. The third-order valence-corrected chi connectivity index (χ3v) is 3.05. The molecule has 0 radical (unpaired) electrons. The zero-order valence-electron chi connectivity index (χ0n) is 13.3. The molecule has 0 aliphatic rings. The van der Waals surface area contributed by atoms with Crippen LogP contribution in [0.5, 0.6) is 11.5 Å². The second-order valence-corrected chi connectivity index (χ2v) is 4.88. The molecule has 144 valence electrons. The van der Waals surface area contributed by atoms with Crippen LogP contribution in [0.15, 0.2) is 42.5 Å². The van der Waals surface area contributed by atoms with Gasteiger partial charge in [0.15, 0.2) is 11.6 Å². The quantitative estimate of drug-likeness (QED) is 0.544. The van der Waals surface area contributed by atoms with E-state index in [4.69, 9.17) is 0 Å². The minimum Gasteiger partial charge on any atom is -0.435 e. The van der Waals surface area contributed by atoms with Crippen LogP contribution in [-0.2, 0) is 4.79 Å². The van der Waals surface area contributed by atoms with Crippen molar-refractivity contribution in [2.24, 2.45) is 0 Å². The van der Waals surface area contributed by atoms with Crippen LogP contribution in [0.3, 0.4) is 0 Å². The fraction of sp³-hybridized carbons (Fsp3) is 0.118. The Balaban J connectivity index is 2.18. The largest absolute Gasteiger partial charge is 0.435 e.